The molecule has 0 amide bonds. The lowest BCUT2D eigenvalue weighted by Gasteiger charge is -2.01. The second-order valence-corrected chi connectivity index (χ2v) is 4.11. The fraction of sp³-hybridized carbons (Fsp3) is 0.125. The van der Waals surface area contributed by atoms with Crippen LogP contribution in [0.2, 0.25) is 0 Å². The normalized spacial score (nSPS) is 10.7. The maximum atomic E-state index is 11.9. The molecule has 2 aromatic rings. The van der Waals surface area contributed by atoms with E-state index in [1.165, 1.54) is 18.3 Å². The highest BCUT2D eigenvalue weighted by atomic mass is 16.5. The van der Waals surface area contributed by atoms with Gasteiger partial charge in [0.2, 0.25) is 5.43 Å². The number of H-pyrrole nitrogens is 1. The van der Waals surface area contributed by atoms with Crippen LogP contribution in [0.3, 0.4) is 0 Å². The average molecular weight is 269 g/mol. The van der Waals surface area contributed by atoms with Gasteiger partial charge in [-0.05, 0) is 19.1 Å². The molecule has 0 aliphatic heterocycles. The SMILES string of the molecule is CCOc1c[nH]c(/C=C/C(=O)c2ccccc2)cc1=O. The summed E-state index contributed by atoms with van der Waals surface area (Å²) in [5, 5.41) is 0. The number of aromatic nitrogens is 1. The Bertz CT molecular complexity index is 672. The zero-order valence-corrected chi connectivity index (χ0v) is 11.1. The lowest BCUT2D eigenvalue weighted by molar-refractivity contribution is 0.104. The van der Waals surface area contributed by atoms with Crippen molar-refractivity contribution >= 4 is 11.9 Å². The van der Waals surface area contributed by atoms with Crippen LogP contribution in [0.4, 0.5) is 0 Å². The summed E-state index contributed by atoms with van der Waals surface area (Å²) in [6, 6.07) is 10.4. The van der Waals surface area contributed by atoms with Crippen molar-refractivity contribution in [3.05, 3.63) is 70.2 Å². The van der Waals surface area contributed by atoms with E-state index < -0.39 is 0 Å². The van der Waals surface area contributed by atoms with Gasteiger partial charge >= 0.3 is 0 Å². The van der Waals surface area contributed by atoms with Crippen LogP contribution in [-0.2, 0) is 0 Å². The molecule has 0 aliphatic carbocycles. The summed E-state index contributed by atoms with van der Waals surface area (Å²) in [7, 11) is 0. The van der Waals surface area contributed by atoms with Crippen molar-refractivity contribution in [3.8, 4) is 5.75 Å². The van der Waals surface area contributed by atoms with Crippen LogP contribution in [0.25, 0.3) is 6.08 Å². The van der Waals surface area contributed by atoms with Crippen LogP contribution in [-0.4, -0.2) is 17.4 Å². The van der Waals surface area contributed by atoms with Gasteiger partial charge in [-0.2, -0.15) is 0 Å². The minimum Gasteiger partial charge on any atom is -0.488 e. The summed E-state index contributed by atoms with van der Waals surface area (Å²) >= 11 is 0. The third-order valence-electron chi connectivity index (χ3n) is 2.67. The molecule has 4 nitrogen and oxygen atoms in total. The molecule has 0 fully saturated rings. The first-order valence-corrected chi connectivity index (χ1v) is 6.33. The number of ketones is 1. The summed E-state index contributed by atoms with van der Waals surface area (Å²) in [6.45, 7) is 2.25. The number of hydrogen-bond acceptors (Lipinski definition) is 3. The number of carbonyl (C=O) groups is 1. The second kappa shape index (κ2) is 6.52. The van der Waals surface area contributed by atoms with Gasteiger partial charge in [-0.3, -0.25) is 9.59 Å². The first kappa shape index (κ1) is 13.8. The molecular formula is C16H15NO3. The molecule has 0 spiro atoms. The zero-order chi connectivity index (χ0) is 14.4. The molecular weight excluding hydrogens is 254 g/mol. The molecule has 0 unspecified atom stereocenters. The quantitative estimate of drug-likeness (QED) is 0.670. The Balaban J connectivity index is 2.14. The van der Waals surface area contributed by atoms with Crippen LogP contribution < -0.4 is 10.2 Å². The minimum atomic E-state index is -0.211. The molecule has 102 valence electrons. The Morgan fingerprint density at radius 2 is 2.05 bits per heavy atom. The largest absolute Gasteiger partial charge is 0.488 e. The second-order valence-electron chi connectivity index (χ2n) is 4.11. The number of hydrogen-bond donors (Lipinski definition) is 1. The molecule has 1 aromatic carbocycles. The van der Waals surface area contributed by atoms with Crippen molar-refractivity contribution in [2.45, 2.75) is 6.92 Å². The third kappa shape index (κ3) is 3.45. The topological polar surface area (TPSA) is 59.2 Å². The van der Waals surface area contributed by atoms with Gasteiger partial charge in [0.25, 0.3) is 0 Å². The van der Waals surface area contributed by atoms with E-state index in [1.807, 2.05) is 13.0 Å². The van der Waals surface area contributed by atoms with E-state index >= 15 is 0 Å². The summed E-state index contributed by atoms with van der Waals surface area (Å²) in [4.78, 5) is 26.5. The predicted octanol–water partition coefficient (Wildman–Crippen LogP) is 2.67. The average Bonchev–Trinajstić information content (AvgIpc) is 2.48. The molecule has 0 aliphatic rings. The van der Waals surface area contributed by atoms with Crippen LogP contribution in [0.1, 0.15) is 23.0 Å². The zero-order valence-electron chi connectivity index (χ0n) is 11.1. The summed E-state index contributed by atoms with van der Waals surface area (Å²) in [5.74, 6) is 0.166. The van der Waals surface area contributed by atoms with Gasteiger partial charge in [-0.1, -0.05) is 30.3 Å². The summed E-state index contributed by atoms with van der Waals surface area (Å²) < 4.78 is 5.15. The van der Waals surface area contributed by atoms with Gasteiger partial charge < -0.3 is 9.72 Å². The lowest BCUT2D eigenvalue weighted by atomic mass is 10.1. The molecule has 0 saturated heterocycles. The maximum absolute atomic E-state index is 11.9. The maximum Gasteiger partial charge on any atom is 0.223 e. The van der Waals surface area contributed by atoms with Gasteiger partial charge in [0.15, 0.2) is 11.5 Å². The smallest absolute Gasteiger partial charge is 0.223 e. The van der Waals surface area contributed by atoms with Gasteiger partial charge in [-0.25, -0.2) is 0 Å². The molecule has 0 bridgehead atoms. The van der Waals surface area contributed by atoms with E-state index in [0.29, 0.717) is 17.9 Å². The standard InChI is InChI=1S/C16H15NO3/c1-2-20-16-11-17-13(10-15(16)19)8-9-14(18)12-6-4-3-5-7-12/h3-11H,2H2,1H3,(H,17,19)/b9-8+. The van der Waals surface area contributed by atoms with Crippen LogP contribution in [0.5, 0.6) is 5.75 Å². The summed E-state index contributed by atoms with van der Waals surface area (Å²) in [5.41, 5.74) is 0.956. The predicted molar refractivity (Wildman–Crippen MR) is 78.0 cm³/mol. The number of allylic oxidation sites excluding steroid dienone is 1. The van der Waals surface area contributed by atoms with Crippen molar-refractivity contribution in [3.63, 3.8) is 0 Å². The highest BCUT2D eigenvalue weighted by Crippen LogP contribution is 2.05. The first-order chi connectivity index (χ1) is 9.70. The van der Waals surface area contributed by atoms with Crippen LogP contribution in [0.15, 0.2) is 53.5 Å². The van der Waals surface area contributed by atoms with Crippen molar-refractivity contribution in [2.75, 3.05) is 6.61 Å². The molecule has 4 heteroatoms. The fourth-order valence-corrected chi connectivity index (χ4v) is 1.70. The third-order valence-corrected chi connectivity index (χ3v) is 2.67. The van der Waals surface area contributed by atoms with E-state index in [9.17, 15) is 9.59 Å². The Kier molecular flexibility index (Phi) is 4.50. The van der Waals surface area contributed by atoms with Crippen molar-refractivity contribution in [1.82, 2.24) is 4.98 Å². The molecule has 0 radical (unpaired) electrons. The highest BCUT2D eigenvalue weighted by molar-refractivity contribution is 6.06. The summed E-state index contributed by atoms with van der Waals surface area (Å²) in [6.07, 6.45) is 4.51. The number of benzene rings is 1. The van der Waals surface area contributed by atoms with Gasteiger partial charge in [-0.15, -0.1) is 0 Å². The number of rotatable bonds is 5. The molecule has 1 N–H and O–H groups in total. The van der Waals surface area contributed by atoms with Crippen LogP contribution >= 0.6 is 0 Å². The Morgan fingerprint density at radius 3 is 2.70 bits per heavy atom. The number of ether oxygens (including phenoxy) is 1. The molecule has 20 heavy (non-hydrogen) atoms. The molecule has 0 saturated carbocycles. The number of nitrogens with one attached hydrogen (secondary N) is 1. The van der Waals surface area contributed by atoms with Gasteiger partial charge in [0, 0.05) is 23.5 Å². The minimum absolute atomic E-state index is 0.111. The van der Waals surface area contributed by atoms with Crippen molar-refractivity contribution in [1.29, 1.82) is 0 Å². The van der Waals surface area contributed by atoms with E-state index in [4.69, 9.17) is 4.74 Å². The highest BCUT2D eigenvalue weighted by Gasteiger charge is 2.02. The van der Waals surface area contributed by atoms with Crippen molar-refractivity contribution in [2.24, 2.45) is 0 Å². The molecule has 2 rings (SSSR count). The van der Waals surface area contributed by atoms with E-state index in [0.717, 1.165) is 0 Å². The number of pyridine rings is 1. The molecule has 1 aromatic heterocycles. The number of carbonyl (C=O) groups excluding carboxylic acids is 1. The Labute approximate surface area is 116 Å². The molecule has 0 atom stereocenters. The number of aromatic amines is 1. The van der Waals surface area contributed by atoms with E-state index in [1.54, 1.807) is 30.3 Å². The Morgan fingerprint density at radius 1 is 1.30 bits per heavy atom. The first-order valence-electron chi connectivity index (χ1n) is 6.33. The van der Waals surface area contributed by atoms with Crippen molar-refractivity contribution < 1.29 is 9.53 Å². The van der Waals surface area contributed by atoms with Gasteiger partial charge in [0.1, 0.15) is 0 Å². The lowest BCUT2D eigenvalue weighted by Crippen LogP contribution is -2.08. The van der Waals surface area contributed by atoms with E-state index in [-0.39, 0.29) is 17.0 Å². The Hall–Kier alpha value is -2.62. The monoisotopic (exact) mass is 269 g/mol. The van der Waals surface area contributed by atoms with Gasteiger partial charge in [0.05, 0.1) is 6.61 Å². The fourth-order valence-electron chi connectivity index (χ4n) is 1.70. The van der Waals surface area contributed by atoms with Crippen LogP contribution in [0, 0.1) is 0 Å². The van der Waals surface area contributed by atoms with E-state index in [2.05, 4.69) is 4.98 Å². The molecule has 1 heterocycles.